The first-order chi connectivity index (χ1) is 4.33. The lowest BCUT2D eigenvalue weighted by Gasteiger charge is -2.17. The standard InChI is InChI=1S/C7H12IN/c1-2-7-6-3-5(6)4-9(7)8/h5-7H,2-4H2,1H3/t5-,6-,7?/m1/s1. The van der Waals surface area contributed by atoms with Crippen LogP contribution in [0.3, 0.4) is 0 Å². The van der Waals surface area contributed by atoms with E-state index in [2.05, 4.69) is 32.9 Å². The van der Waals surface area contributed by atoms with E-state index in [-0.39, 0.29) is 0 Å². The Balaban J connectivity index is 2.02. The quantitative estimate of drug-likeness (QED) is 0.498. The molecule has 3 atom stereocenters. The number of fused-ring (bicyclic) bond motifs is 1. The van der Waals surface area contributed by atoms with Crippen LogP contribution in [-0.2, 0) is 0 Å². The molecule has 0 bridgehead atoms. The second kappa shape index (κ2) is 2.09. The summed E-state index contributed by atoms with van der Waals surface area (Å²) in [5.41, 5.74) is 0. The molecule has 0 radical (unpaired) electrons. The van der Waals surface area contributed by atoms with Gasteiger partial charge in [-0.3, -0.25) is 0 Å². The number of hydrogen-bond donors (Lipinski definition) is 0. The highest BCUT2D eigenvalue weighted by Gasteiger charge is 2.50. The van der Waals surface area contributed by atoms with Crippen LogP contribution >= 0.6 is 22.9 Å². The normalized spacial score (nSPS) is 49.3. The van der Waals surface area contributed by atoms with Crippen molar-refractivity contribution in [2.75, 3.05) is 6.54 Å². The van der Waals surface area contributed by atoms with E-state index >= 15 is 0 Å². The molecule has 1 aliphatic heterocycles. The van der Waals surface area contributed by atoms with Crippen LogP contribution in [0.15, 0.2) is 0 Å². The summed E-state index contributed by atoms with van der Waals surface area (Å²) in [6.45, 7) is 3.67. The van der Waals surface area contributed by atoms with E-state index in [1.165, 1.54) is 19.4 Å². The van der Waals surface area contributed by atoms with Gasteiger partial charge >= 0.3 is 0 Å². The van der Waals surface area contributed by atoms with Gasteiger partial charge in [0.25, 0.3) is 0 Å². The number of hydrogen-bond acceptors (Lipinski definition) is 1. The first-order valence-electron chi connectivity index (χ1n) is 3.75. The predicted octanol–water partition coefficient (Wildman–Crippen LogP) is 2.07. The van der Waals surface area contributed by atoms with Crippen LogP contribution in [0, 0.1) is 11.8 Å². The van der Waals surface area contributed by atoms with Crippen molar-refractivity contribution in [2.45, 2.75) is 25.8 Å². The molecule has 1 aliphatic carbocycles. The van der Waals surface area contributed by atoms with Crippen molar-refractivity contribution in [2.24, 2.45) is 11.8 Å². The molecule has 1 nitrogen and oxygen atoms in total. The Labute approximate surface area is 70.3 Å². The van der Waals surface area contributed by atoms with Gasteiger partial charge in [-0.15, -0.1) is 0 Å². The first-order valence-corrected chi connectivity index (χ1v) is 4.72. The Morgan fingerprint density at radius 1 is 1.67 bits per heavy atom. The molecule has 1 saturated carbocycles. The lowest BCUT2D eigenvalue weighted by molar-refractivity contribution is 0.399. The third kappa shape index (κ3) is 0.909. The molecular formula is C7H12IN. The Bertz CT molecular complexity index is 124. The van der Waals surface area contributed by atoms with Crippen molar-refractivity contribution in [1.82, 2.24) is 3.11 Å². The van der Waals surface area contributed by atoms with Crippen LogP contribution in [0.2, 0.25) is 0 Å². The number of rotatable bonds is 1. The predicted molar refractivity (Wildman–Crippen MR) is 46.4 cm³/mol. The molecule has 9 heavy (non-hydrogen) atoms. The minimum absolute atomic E-state index is 0.926. The van der Waals surface area contributed by atoms with Gasteiger partial charge in [0.15, 0.2) is 0 Å². The maximum atomic E-state index is 2.50. The third-order valence-corrected chi connectivity index (χ3v) is 3.77. The molecule has 52 valence electrons. The largest absolute Gasteiger partial charge is 0.244 e. The van der Waals surface area contributed by atoms with Crippen LogP contribution in [0.1, 0.15) is 19.8 Å². The molecule has 1 saturated heterocycles. The summed E-state index contributed by atoms with van der Waals surface area (Å²) in [7, 11) is 0. The summed E-state index contributed by atoms with van der Waals surface area (Å²) in [5.74, 6) is 2.18. The Kier molecular flexibility index (Phi) is 1.49. The monoisotopic (exact) mass is 237 g/mol. The summed E-state index contributed by atoms with van der Waals surface area (Å²) in [6, 6.07) is 0.926. The van der Waals surface area contributed by atoms with Crippen LogP contribution in [-0.4, -0.2) is 15.7 Å². The zero-order chi connectivity index (χ0) is 6.43. The summed E-state index contributed by atoms with van der Waals surface area (Å²) in [4.78, 5) is 0. The fraction of sp³-hybridized carbons (Fsp3) is 1.00. The Hall–Kier alpha value is 0.690. The topological polar surface area (TPSA) is 3.24 Å². The molecule has 0 aromatic carbocycles. The van der Waals surface area contributed by atoms with Crippen molar-refractivity contribution in [3.05, 3.63) is 0 Å². The molecule has 2 rings (SSSR count). The molecule has 0 aromatic rings. The van der Waals surface area contributed by atoms with E-state index in [4.69, 9.17) is 0 Å². The molecule has 0 N–H and O–H groups in total. The molecule has 2 fully saturated rings. The van der Waals surface area contributed by atoms with Gasteiger partial charge in [-0.1, -0.05) is 6.92 Å². The minimum Gasteiger partial charge on any atom is -0.244 e. The molecule has 2 heteroatoms. The van der Waals surface area contributed by atoms with E-state index in [1.807, 2.05) is 0 Å². The van der Waals surface area contributed by atoms with Crippen molar-refractivity contribution in [1.29, 1.82) is 0 Å². The highest BCUT2D eigenvalue weighted by molar-refractivity contribution is 14.1. The lowest BCUT2D eigenvalue weighted by atomic mass is 10.1. The maximum Gasteiger partial charge on any atom is 0.0223 e. The van der Waals surface area contributed by atoms with Gasteiger partial charge < -0.3 is 0 Å². The van der Waals surface area contributed by atoms with E-state index < -0.39 is 0 Å². The summed E-state index contributed by atoms with van der Waals surface area (Å²) in [6.07, 6.45) is 2.88. The molecule has 0 amide bonds. The van der Waals surface area contributed by atoms with Crippen molar-refractivity contribution in [3.63, 3.8) is 0 Å². The molecule has 0 aromatic heterocycles. The van der Waals surface area contributed by atoms with Crippen LogP contribution < -0.4 is 0 Å². The number of halogens is 1. The molecular weight excluding hydrogens is 225 g/mol. The summed E-state index contributed by atoms with van der Waals surface area (Å²) in [5, 5.41) is 0. The van der Waals surface area contributed by atoms with Crippen LogP contribution in [0.25, 0.3) is 0 Å². The van der Waals surface area contributed by atoms with Gasteiger partial charge in [0.1, 0.15) is 0 Å². The fourth-order valence-corrected chi connectivity index (χ4v) is 3.33. The first kappa shape index (κ1) is 6.40. The fourth-order valence-electron chi connectivity index (χ4n) is 2.02. The van der Waals surface area contributed by atoms with Gasteiger partial charge in [0.2, 0.25) is 0 Å². The third-order valence-electron chi connectivity index (χ3n) is 2.66. The van der Waals surface area contributed by atoms with Crippen molar-refractivity contribution in [3.8, 4) is 0 Å². The highest BCUT2D eigenvalue weighted by Crippen LogP contribution is 2.51. The second-order valence-electron chi connectivity index (χ2n) is 3.22. The van der Waals surface area contributed by atoms with Gasteiger partial charge in [-0.25, -0.2) is 3.11 Å². The van der Waals surface area contributed by atoms with E-state index in [0.717, 1.165) is 17.9 Å². The number of piperidine rings is 1. The van der Waals surface area contributed by atoms with Gasteiger partial charge in [-0.05, 0) is 24.7 Å². The Morgan fingerprint density at radius 2 is 2.44 bits per heavy atom. The smallest absolute Gasteiger partial charge is 0.0223 e. The minimum atomic E-state index is 0.926. The van der Waals surface area contributed by atoms with Crippen LogP contribution in [0.4, 0.5) is 0 Å². The second-order valence-corrected chi connectivity index (χ2v) is 4.46. The lowest BCUT2D eigenvalue weighted by Crippen LogP contribution is -2.22. The molecule has 0 spiro atoms. The zero-order valence-electron chi connectivity index (χ0n) is 5.68. The summed E-state index contributed by atoms with van der Waals surface area (Å²) < 4.78 is 2.50. The maximum absolute atomic E-state index is 2.50. The number of nitrogens with zero attached hydrogens (tertiary/aromatic N) is 1. The highest BCUT2D eigenvalue weighted by atomic mass is 127. The average molecular weight is 237 g/mol. The van der Waals surface area contributed by atoms with Gasteiger partial charge in [0, 0.05) is 35.5 Å². The van der Waals surface area contributed by atoms with Crippen molar-refractivity contribution >= 4 is 22.9 Å². The molecule has 1 unspecified atom stereocenters. The molecule has 2 aliphatic rings. The van der Waals surface area contributed by atoms with E-state index in [0.29, 0.717) is 0 Å². The Morgan fingerprint density at radius 3 is 2.78 bits per heavy atom. The van der Waals surface area contributed by atoms with E-state index in [9.17, 15) is 0 Å². The van der Waals surface area contributed by atoms with Crippen molar-refractivity contribution < 1.29 is 0 Å². The van der Waals surface area contributed by atoms with E-state index in [1.54, 1.807) is 0 Å². The zero-order valence-corrected chi connectivity index (χ0v) is 7.84. The molecule has 1 heterocycles. The average Bonchev–Trinajstić information content (AvgIpc) is 2.45. The summed E-state index contributed by atoms with van der Waals surface area (Å²) >= 11 is 2.47. The van der Waals surface area contributed by atoms with Crippen LogP contribution in [0.5, 0.6) is 0 Å². The van der Waals surface area contributed by atoms with Gasteiger partial charge in [0.05, 0.1) is 0 Å². The van der Waals surface area contributed by atoms with Gasteiger partial charge in [-0.2, -0.15) is 0 Å². The SMILES string of the molecule is CCC1[C@@H]2C[C@@H]2CN1I.